The first kappa shape index (κ1) is 28.6. The molecule has 0 saturated carbocycles. The monoisotopic (exact) mass is 554 g/mol. The fourth-order valence-corrected chi connectivity index (χ4v) is 5.19. The number of ether oxygens (including phenoxy) is 3. The smallest absolute Gasteiger partial charge is 0.268 e. The van der Waals surface area contributed by atoms with E-state index in [0.717, 1.165) is 16.9 Å². The third-order valence-corrected chi connectivity index (χ3v) is 7.47. The first-order valence-electron chi connectivity index (χ1n) is 14.2. The van der Waals surface area contributed by atoms with Gasteiger partial charge in [0.15, 0.2) is 5.79 Å². The molecule has 41 heavy (non-hydrogen) atoms. The van der Waals surface area contributed by atoms with Crippen molar-refractivity contribution in [1.82, 2.24) is 9.88 Å². The lowest BCUT2D eigenvalue weighted by molar-refractivity contribution is -0.144. The Kier molecular flexibility index (Phi) is 8.61. The summed E-state index contributed by atoms with van der Waals surface area (Å²) in [5, 5.41) is 9.13. The molecular formula is C33H38N4O4. The highest BCUT2D eigenvalue weighted by Gasteiger charge is 2.38. The van der Waals surface area contributed by atoms with Gasteiger partial charge in [-0.25, -0.2) is 0 Å². The van der Waals surface area contributed by atoms with Crippen LogP contribution in [0.4, 0.5) is 0 Å². The van der Waals surface area contributed by atoms with Gasteiger partial charge in [0.05, 0.1) is 24.8 Å². The van der Waals surface area contributed by atoms with Crippen molar-refractivity contribution >= 4 is 17.3 Å². The van der Waals surface area contributed by atoms with Crippen LogP contribution >= 0.6 is 0 Å². The van der Waals surface area contributed by atoms with Crippen LogP contribution in [0.5, 0.6) is 5.75 Å². The van der Waals surface area contributed by atoms with Gasteiger partial charge >= 0.3 is 0 Å². The predicted octanol–water partition coefficient (Wildman–Crippen LogP) is 5.37. The molecule has 0 spiro atoms. The van der Waals surface area contributed by atoms with Crippen LogP contribution < -0.4 is 4.74 Å². The maximum Gasteiger partial charge on any atom is 0.268 e. The maximum absolute atomic E-state index is 13.8. The highest BCUT2D eigenvalue weighted by Crippen LogP contribution is 2.29. The average molecular weight is 555 g/mol. The molecule has 1 saturated heterocycles. The van der Waals surface area contributed by atoms with Gasteiger partial charge in [0.25, 0.3) is 5.91 Å². The van der Waals surface area contributed by atoms with Crippen LogP contribution in [0.2, 0.25) is 0 Å². The minimum absolute atomic E-state index is 0.182. The zero-order valence-corrected chi connectivity index (χ0v) is 24.2. The Balaban J connectivity index is 1.35. The van der Waals surface area contributed by atoms with Gasteiger partial charge in [-0.05, 0) is 66.3 Å². The van der Waals surface area contributed by atoms with Crippen LogP contribution in [0.1, 0.15) is 61.8 Å². The number of aromatic nitrogens is 1. The largest absolute Gasteiger partial charge is 0.489 e. The van der Waals surface area contributed by atoms with Crippen molar-refractivity contribution in [3.05, 3.63) is 95.3 Å². The lowest BCUT2D eigenvalue weighted by Crippen LogP contribution is -2.48. The molecule has 3 heterocycles. The van der Waals surface area contributed by atoms with E-state index in [-0.39, 0.29) is 12.0 Å². The fraction of sp³-hybridized carbons (Fsp3) is 0.394. The quantitative estimate of drug-likeness (QED) is 0.340. The summed E-state index contributed by atoms with van der Waals surface area (Å²) >= 11 is 0. The minimum Gasteiger partial charge on any atom is -0.489 e. The number of amides is 1. The number of benzene rings is 2. The van der Waals surface area contributed by atoms with Crippen LogP contribution in [0, 0.1) is 5.41 Å². The number of pyridine rings is 1. The van der Waals surface area contributed by atoms with Gasteiger partial charge in [-0.1, -0.05) is 50.2 Å². The molecule has 8 heteroatoms. The number of nitrogens with one attached hydrogen (secondary N) is 1. The third-order valence-electron chi connectivity index (χ3n) is 7.47. The van der Waals surface area contributed by atoms with Gasteiger partial charge in [0.2, 0.25) is 0 Å². The Morgan fingerprint density at radius 1 is 1.05 bits per heavy atom. The number of aliphatic imine (C=N–C) groups is 1. The zero-order chi connectivity index (χ0) is 29.0. The highest BCUT2D eigenvalue weighted by atomic mass is 16.7. The van der Waals surface area contributed by atoms with E-state index >= 15 is 0 Å². The van der Waals surface area contributed by atoms with E-state index < -0.39 is 11.7 Å². The Hall–Kier alpha value is -3.88. The van der Waals surface area contributed by atoms with Crippen LogP contribution in [-0.2, 0) is 20.9 Å². The van der Waals surface area contributed by atoms with Gasteiger partial charge in [-0.2, -0.15) is 0 Å². The lowest BCUT2D eigenvalue weighted by atomic mass is 9.85. The van der Waals surface area contributed by atoms with Crippen LogP contribution in [-0.4, -0.2) is 65.3 Å². The zero-order valence-electron chi connectivity index (χ0n) is 24.2. The Bertz CT molecular complexity index is 1380. The standard InChI is InChI=1S/C33H38N4O4/c1-22(2)24-7-5-23(6-8-24)20-39-27-11-9-25(10-12-27)29(30(34)26-13-15-35-16-14-26)31-32(38)37(18-17-36-31)19-28-21-40-33(3,4)41-28/h5-16,22,28-29,34H,17-21H2,1-4H3. The molecule has 2 aliphatic heterocycles. The molecule has 2 unspecified atom stereocenters. The van der Waals surface area contributed by atoms with Crippen molar-refractivity contribution in [1.29, 1.82) is 5.41 Å². The number of carbonyl (C=O) groups excluding carboxylic acids is 1. The summed E-state index contributed by atoms with van der Waals surface area (Å²) in [7, 11) is 0. The second kappa shape index (κ2) is 12.3. The molecule has 5 rings (SSSR count). The van der Waals surface area contributed by atoms with E-state index in [1.54, 1.807) is 29.4 Å². The predicted molar refractivity (Wildman–Crippen MR) is 159 cm³/mol. The Morgan fingerprint density at radius 2 is 1.73 bits per heavy atom. The molecule has 2 aromatic carbocycles. The second-order valence-corrected chi connectivity index (χ2v) is 11.3. The van der Waals surface area contributed by atoms with E-state index in [9.17, 15) is 4.79 Å². The summed E-state index contributed by atoms with van der Waals surface area (Å²) in [6.07, 6.45) is 3.10. The number of nitrogens with zero attached hydrogens (tertiary/aromatic N) is 3. The molecule has 1 N–H and O–H groups in total. The van der Waals surface area contributed by atoms with Gasteiger partial charge in [-0.15, -0.1) is 0 Å². The summed E-state index contributed by atoms with van der Waals surface area (Å²) in [5.41, 5.74) is 4.54. The summed E-state index contributed by atoms with van der Waals surface area (Å²) < 4.78 is 17.7. The second-order valence-electron chi connectivity index (χ2n) is 11.3. The molecule has 214 valence electrons. The van der Waals surface area contributed by atoms with Gasteiger partial charge in [0.1, 0.15) is 24.2 Å². The molecule has 3 aromatic rings. The summed E-state index contributed by atoms with van der Waals surface area (Å²) in [5.74, 6) is -0.272. The number of hydrogen-bond acceptors (Lipinski definition) is 7. The van der Waals surface area contributed by atoms with E-state index in [1.807, 2.05) is 38.1 Å². The van der Waals surface area contributed by atoms with Gasteiger partial charge < -0.3 is 24.5 Å². The molecule has 0 aliphatic carbocycles. The summed E-state index contributed by atoms with van der Waals surface area (Å²) in [6, 6.07) is 19.7. The first-order chi connectivity index (χ1) is 19.7. The van der Waals surface area contributed by atoms with Crippen molar-refractivity contribution in [2.75, 3.05) is 26.2 Å². The maximum atomic E-state index is 13.8. The van der Waals surface area contributed by atoms with Gasteiger partial charge in [-0.3, -0.25) is 14.8 Å². The molecule has 2 atom stereocenters. The third kappa shape index (κ3) is 6.89. The lowest BCUT2D eigenvalue weighted by Gasteiger charge is -2.32. The molecule has 1 aromatic heterocycles. The highest BCUT2D eigenvalue weighted by molar-refractivity contribution is 6.46. The first-order valence-corrected chi connectivity index (χ1v) is 14.2. The molecular weight excluding hydrogens is 516 g/mol. The molecule has 8 nitrogen and oxygen atoms in total. The molecule has 0 radical (unpaired) electrons. The SMILES string of the molecule is CC(C)c1ccc(COc2ccc(C(C(=N)c3ccncc3)C3=NCCN(CC4COC(C)(C)O4)C3=O)cc2)cc1. The van der Waals surface area contributed by atoms with E-state index in [0.29, 0.717) is 55.8 Å². The van der Waals surface area contributed by atoms with E-state index in [4.69, 9.17) is 19.6 Å². The minimum atomic E-state index is -0.659. The molecule has 1 fully saturated rings. The van der Waals surface area contributed by atoms with Crippen molar-refractivity contribution in [2.24, 2.45) is 4.99 Å². The van der Waals surface area contributed by atoms with E-state index in [2.05, 4.69) is 48.1 Å². The number of carbonyl (C=O) groups is 1. The number of hydrogen-bond donors (Lipinski definition) is 1. The van der Waals surface area contributed by atoms with Crippen molar-refractivity contribution in [3.63, 3.8) is 0 Å². The Morgan fingerprint density at radius 3 is 2.37 bits per heavy atom. The molecule has 0 bridgehead atoms. The summed E-state index contributed by atoms with van der Waals surface area (Å²) in [4.78, 5) is 24.3. The fourth-order valence-electron chi connectivity index (χ4n) is 5.19. The summed E-state index contributed by atoms with van der Waals surface area (Å²) in [6.45, 7) is 10.4. The molecule has 2 aliphatic rings. The topological polar surface area (TPSA) is 97.1 Å². The average Bonchev–Trinajstić information content (AvgIpc) is 3.33. The van der Waals surface area contributed by atoms with Crippen LogP contribution in [0.15, 0.2) is 78.0 Å². The van der Waals surface area contributed by atoms with Crippen molar-refractivity contribution < 1.29 is 19.0 Å². The van der Waals surface area contributed by atoms with Gasteiger partial charge in [0, 0.05) is 25.5 Å². The van der Waals surface area contributed by atoms with E-state index in [1.165, 1.54) is 5.56 Å². The van der Waals surface area contributed by atoms with Crippen molar-refractivity contribution in [3.8, 4) is 5.75 Å². The van der Waals surface area contributed by atoms with Crippen LogP contribution in [0.25, 0.3) is 0 Å². The van der Waals surface area contributed by atoms with Crippen molar-refractivity contribution in [2.45, 2.75) is 58.0 Å². The van der Waals surface area contributed by atoms with Crippen LogP contribution in [0.3, 0.4) is 0 Å². The Labute approximate surface area is 241 Å². The number of rotatable bonds is 10. The molecule has 1 amide bonds. The normalized spacial score (nSPS) is 19.2.